The van der Waals surface area contributed by atoms with Crippen LogP contribution in [0, 0.1) is 5.82 Å². The molecule has 1 aromatic carbocycles. The molecule has 3 rings (SSSR count). The SMILES string of the molecule is NC1(c2noc(-c3ccc(F)c(Br)c3)n2)CCCC1. The van der Waals surface area contributed by atoms with Crippen LogP contribution in [0.4, 0.5) is 4.39 Å². The fraction of sp³-hybridized carbons (Fsp3) is 0.385. The van der Waals surface area contributed by atoms with Crippen LogP contribution in [0.25, 0.3) is 11.5 Å². The smallest absolute Gasteiger partial charge is 0.258 e. The fourth-order valence-electron chi connectivity index (χ4n) is 2.40. The number of benzene rings is 1. The number of nitrogens with zero attached hydrogens (tertiary/aromatic N) is 2. The molecular weight excluding hydrogens is 313 g/mol. The van der Waals surface area contributed by atoms with Crippen molar-refractivity contribution in [2.45, 2.75) is 31.2 Å². The van der Waals surface area contributed by atoms with E-state index in [1.54, 1.807) is 12.1 Å². The summed E-state index contributed by atoms with van der Waals surface area (Å²) in [5, 5.41) is 3.98. The number of halogens is 2. The maximum absolute atomic E-state index is 13.2. The molecule has 1 fully saturated rings. The summed E-state index contributed by atoms with van der Waals surface area (Å²) in [6.45, 7) is 0. The summed E-state index contributed by atoms with van der Waals surface area (Å²) in [7, 11) is 0. The molecule has 0 atom stereocenters. The maximum atomic E-state index is 13.2. The Hall–Kier alpha value is -1.27. The predicted molar refractivity (Wildman–Crippen MR) is 71.7 cm³/mol. The van der Waals surface area contributed by atoms with Crippen molar-refractivity contribution in [2.75, 3.05) is 0 Å². The van der Waals surface area contributed by atoms with Crippen LogP contribution >= 0.6 is 15.9 Å². The average molecular weight is 326 g/mol. The highest BCUT2D eigenvalue weighted by Gasteiger charge is 2.36. The minimum Gasteiger partial charge on any atom is -0.334 e. The van der Waals surface area contributed by atoms with Crippen LogP contribution in [0.15, 0.2) is 27.2 Å². The lowest BCUT2D eigenvalue weighted by Gasteiger charge is -2.17. The van der Waals surface area contributed by atoms with Crippen molar-refractivity contribution in [1.29, 1.82) is 0 Å². The topological polar surface area (TPSA) is 64.9 Å². The molecular formula is C13H13BrFN3O. The first-order valence-electron chi connectivity index (χ1n) is 6.17. The van der Waals surface area contributed by atoms with Gasteiger partial charge in [0.05, 0.1) is 10.0 Å². The van der Waals surface area contributed by atoms with E-state index < -0.39 is 5.54 Å². The maximum Gasteiger partial charge on any atom is 0.258 e. The highest BCUT2D eigenvalue weighted by Crippen LogP contribution is 2.35. The van der Waals surface area contributed by atoms with Gasteiger partial charge in [-0.2, -0.15) is 4.98 Å². The van der Waals surface area contributed by atoms with Gasteiger partial charge in [0.25, 0.3) is 5.89 Å². The molecule has 0 saturated heterocycles. The molecule has 0 aliphatic heterocycles. The van der Waals surface area contributed by atoms with Gasteiger partial charge in [0, 0.05) is 5.56 Å². The van der Waals surface area contributed by atoms with Crippen molar-refractivity contribution in [2.24, 2.45) is 5.73 Å². The van der Waals surface area contributed by atoms with Crippen molar-refractivity contribution in [3.05, 3.63) is 34.3 Å². The van der Waals surface area contributed by atoms with Gasteiger partial charge in [-0.05, 0) is 47.0 Å². The molecule has 1 saturated carbocycles. The lowest BCUT2D eigenvalue weighted by Crippen LogP contribution is -2.34. The molecule has 1 aromatic heterocycles. The molecule has 0 amide bonds. The van der Waals surface area contributed by atoms with Crippen LogP contribution in [-0.2, 0) is 5.54 Å². The Morgan fingerprint density at radius 2 is 2.05 bits per heavy atom. The van der Waals surface area contributed by atoms with Gasteiger partial charge >= 0.3 is 0 Å². The van der Waals surface area contributed by atoms with Crippen LogP contribution in [0.1, 0.15) is 31.5 Å². The Bertz CT molecular complexity index is 608. The molecule has 6 heteroatoms. The molecule has 1 aliphatic carbocycles. The molecule has 1 aliphatic rings. The minimum absolute atomic E-state index is 0.324. The molecule has 1 heterocycles. The number of nitrogens with two attached hydrogens (primary N) is 1. The standard InChI is InChI=1S/C13H13BrFN3O/c14-9-7-8(3-4-10(9)15)11-17-12(18-19-11)13(16)5-1-2-6-13/h3-4,7H,1-2,5-6,16H2. The average Bonchev–Trinajstić information content (AvgIpc) is 3.02. The van der Waals surface area contributed by atoms with Crippen molar-refractivity contribution >= 4 is 15.9 Å². The first kappa shape index (κ1) is 12.7. The van der Waals surface area contributed by atoms with Gasteiger partial charge < -0.3 is 10.3 Å². The zero-order chi connectivity index (χ0) is 13.5. The summed E-state index contributed by atoms with van der Waals surface area (Å²) in [6, 6.07) is 4.58. The van der Waals surface area contributed by atoms with E-state index in [2.05, 4.69) is 26.1 Å². The Morgan fingerprint density at radius 1 is 1.32 bits per heavy atom. The van der Waals surface area contributed by atoms with Crippen LogP contribution in [0.5, 0.6) is 0 Å². The van der Waals surface area contributed by atoms with E-state index in [-0.39, 0.29) is 5.82 Å². The minimum atomic E-state index is -0.473. The molecule has 100 valence electrons. The Balaban J connectivity index is 1.94. The molecule has 2 N–H and O–H groups in total. The third-order valence-electron chi connectivity index (χ3n) is 3.53. The second-order valence-corrected chi connectivity index (χ2v) is 5.77. The van der Waals surface area contributed by atoms with Gasteiger partial charge in [-0.1, -0.05) is 18.0 Å². The van der Waals surface area contributed by atoms with E-state index in [0.717, 1.165) is 25.7 Å². The highest BCUT2D eigenvalue weighted by molar-refractivity contribution is 9.10. The third kappa shape index (κ3) is 2.30. The summed E-state index contributed by atoms with van der Waals surface area (Å²) in [4.78, 5) is 4.36. The second kappa shape index (κ2) is 4.68. The van der Waals surface area contributed by atoms with Crippen molar-refractivity contribution < 1.29 is 8.91 Å². The van der Waals surface area contributed by atoms with Gasteiger partial charge in [0.1, 0.15) is 5.82 Å². The zero-order valence-corrected chi connectivity index (χ0v) is 11.8. The van der Waals surface area contributed by atoms with E-state index in [9.17, 15) is 4.39 Å². The van der Waals surface area contributed by atoms with Crippen LogP contribution in [0.2, 0.25) is 0 Å². The summed E-state index contributed by atoms with van der Waals surface area (Å²) in [5.41, 5.74) is 6.47. The molecule has 0 unspecified atom stereocenters. The molecule has 0 radical (unpaired) electrons. The fourth-order valence-corrected chi connectivity index (χ4v) is 2.78. The van der Waals surface area contributed by atoms with E-state index >= 15 is 0 Å². The normalized spacial score (nSPS) is 17.8. The zero-order valence-electron chi connectivity index (χ0n) is 10.2. The molecule has 4 nitrogen and oxygen atoms in total. The van der Waals surface area contributed by atoms with Gasteiger partial charge in [0.15, 0.2) is 5.82 Å². The molecule has 19 heavy (non-hydrogen) atoms. The summed E-state index contributed by atoms with van der Waals surface area (Å²) in [6.07, 6.45) is 3.92. The lowest BCUT2D eigenvalue weighted by molar-refractivity contribution is 0.372. The quantitative estimate of drug-likeness (QED) is 0.919. The van der Waals surface area contributed by atoms with Crippen LogP contribution < -0.4 is 5.73 Å². The first-order valence-corrected chi connectivity index (χ1v) is 6.96. The number of rotatable bonds is 2. The first-order chi connectivity index (χ1) is 9.08. The molecule has 0 spiro atoms. The summed E-state index contributed by atoms with van der Waals surface area (Å²) in [5.74, 6) is 0.586. The van der Waals surface area contributed by atoms with Crippen LogP contribution in [0.3, 0.4) is 0 Å². The Morgan fingerprint density at radius 3 is 2.74 bits per heavy atom. The van der Waals surface area contributed by atoms with Crippen LogP contribution in [-0.4, -0.2) is 10.1 Å². The highest BCUT2D eigenvalue weighted by atomic mass is 79.9. The van der Waals surface area contributed by atoms with Gasteiger partial charge in [-0.3, -0.25) is 0 Å². The summed E-state index contributed by atoms with van der Waals surface area (Å²) >= 11 is 3.14. The van der Waals surface area contributed by atoms with Gasteiger partial charge in [-0.25, -0.2) is 4.39 Å². The third-order valence-corrected chi connectivity index (χ3v) is 4.14. The Labute approximate surface area is 118 Å². The summed E-state index contributed by atoms with van der Waals surface area (Å²) < 4.78 is 18.8. The van der Waals surface area contributed by atoms with Gasteiger partial charge in [-0.15, -0.1) is 0 Å². The second-order valence-electron chi connectivity index (χ2n) is 4.92. The Kier molecular flexibility index (Phi) is 3.14. The number of aromatic nitrogens is 2. The molecule has 0 bridgehead atoms. The van der Waals surface area contributed by atoms with E-state index in [1.807, 2.05) is 0 Å². The number of hydrogen-bond donors (Lipinski definition) is 1. The predicted octanol–water partition coefficient (Wildman–Crippen LogP) is 3.37. The molecule has 2 aromatic rings. The van der Waals surface area contributed by atoms with Gasteiger partial charge in [0.2, 0.25) is 0 Å². The van der Waals surface area contributed by atoms with E-state index in [0.29, 0.717) is 21.8 Å². The largest absolute Gasteiger partial charge is 0.334 e. The van der Waals surface area contributed by atoms with E-state index in [1.165, 1.54) is 6.07 Å². The van der Waals surface area contributed by atoms with Crippen molar-refractivity contribution in [3.8, 4) is 11.5 Å². The number of hydrogen-bond acceptors (Lipinski definition) is 4. The van der Waals surface area contributed by atoms with E-state index in [4.69, 9.17) is 10.3 Å². The van der Waals surface area contributed by atoms with Crippen molar-refractivity contribution in [3.63, 3.8) is 0 Å². The van der Waals surface area contributed by atoms with Crippen molar-refractivity contribution in [1.82, 2.24) is 10.1 Å². The lowest BCUT2D eigenvalue weighted by atomic mass is 9.99. The monoisotopic (exact) mass is 325 g/mol.